The van der Waals surface area contributed by atoms with Gasteiger partial charge in [-0.3, -0.25) is 14.5 Å². The molecular weight excluding hydrogens is 368 g/mol. The number of carbonyl (C=O) groups excluding carboxylic acids is 2. The fourth-order valence-corrected chi connectivity index (χ4v) is 2.48. The van der Waals surface area contributed by atoms with Crippen LogP contribution < -0.4 is 15.0 Å². The van der Waals surface area contributed by atoms with Crippen LogP contribution in [0.1, 0.15) is 20.3 Å². The van der Waals surface area contributed by atoms with Crippen LogP contribution in [0, 0.1) is 0 Å². The molecule has 0 radical (unpaired) electrons. The molecule has 124 valence electrons. The number of carbonyl (C=O) groups is 3. The van der Waals surface area contributed by atoms with Gasteiger partial charge in [-0.2, -0.15) is 0 Å². The average Bonchev–Trinajstić information content (AvgIpc) is 2.49. The number of halogens is 1. The zero-order valence-corrected chi connectivity index (χ0v) is 14.3. The SMILES string of the molecule is CCC(C)(NC(=O)CN1C(=O)COc2cc(Br)ccc21)C(=O)O. The lowest BCUT2D eigenvalue weighted by Gasteiger charge is -2.31. The van der Waals surface area contributed by atoms with E-state index in [4.69, 9.17) is 4.74 Å². The number of ether oxygens (including phenoxy) is 1. The molecule has 7 nitrogen and oxygen atoms in total. The van der Waals surface area contributed by atoms with Crippen LogP contribution in [-0.2, 0) is 14.4 Å². The Morgan fingerprint density at radius 2 is 2.17 bits per heavy atom. The average molecular weight is 385 g/mol. The second-order valence-corrected chi connectivity index (χ2v) is 6.34. The highest BCUT2D eigenvalue weighted by Crippen LogP contribution is 2.34. The maximum Gasteiger partial charge on any atom is 0.329 e. The van der Waals surface area contributed by atoms with Crippen molar-refractivity contribution < 1.29 is 24.2 Å². The van der Waals surface area contributed by atoms with E-state index in [9.17, 15) is 19.5 Å². The van der Waals surface area contributed by atoms with Crippen LogP contribution in [0.25, 0.3) is 0 Å². The molecule has 23 heavy (non-hydrogen) atoms. The molecule has 0 aliphatic carbocycles. The van der Waals surface area contributed by atoms with Gasteiger partial charge in [-0.15, -0.1) is 0 Å². The lowest BCUT2D eigenvalue weighted by atomic mass is 9.99. The predicted octanol–water partition coefficient (Wildman–Crippen LogP) is 1.54. The molecule has 1 aliphatic heterocycles. The summed E-state index contributed by atoms with van der Waals surface area (Å²) in [6.07, 6.45) is 0.231. The van der Waals surface area contributed by atoms with Crippen LogP contribution in [0.4, 0.5) is 5.69 Å². The third-order valence-corrected chi connectivity index (χ3v) is 4.25. The Balaban J connectivity index is 2.18. The summed E-state index contributed by atoms with van der Waals surface area (Å²) in [7, 11) is 0. The number of carboxylic acid groups (broad SMARTS) is 1. The number of fused-ring (bicyclic) bond motifs is 1. The number of amides is 2. The molecule has 0 saturated heterocycles. The number of nitrogens with zero attached hydrogens (tertiary/aromatic N) is 1. The van der Waals surface area contributed by atoms with Gasteiger partial charge in [0.1, 0.15) is 17.8 Å². The predicted molar refractivity (Wildman–Crippen MR) is 86.5 cm³/mol. The molecule has 0 aromatic heterocycles. The van der Waals surface area contributed by atoms with Crippen LogP contribution in [0.2, 0.25) is 0 Å². The fraction of sp³-hybridized carbons (Fsp3) is 0.400. The highest BCUT2D eigenvalue weighted by Gasteiger charge is 2.34. The molecule has 1 unspecified atom stereocenters. The zero-order valence-electron chi connectivity index (χ0n) is 12.8. The standard InChI is InChI=1S/C15H17BrN2O5/c1-3-15(2,14(21)22)17-12(19)7-18-10-5-4-9(16)6-11(10)23-8-13(18)20/h4-6H,3,7-8H2,1-2H3,(H,17,19)(H,21,22). The second kappa shape index (κ2) is 6.57. The molecular formula is C15H17BrN2O5. The first-order valence-electron chi connectivity index (χ1n) is 7.04. The molecule has 2 rings (SSSR count). The minimum Gasteiger partial charge on any atom is -0.482 e. The number of nitrogens with one attached hydrogen (secondary N) is 1. The van der Waals surface area contributed by atoms with Gasteiger partial charge in [-0.1, -0.05) is 22.9 Å². The molecule has 1 aliphatic rings. The Labute approximate surface area is 141 Å². The molecule has 1 aromatic rings. The first-order chi connectivity index (χ1) is 10.8. The van der Waals surface area contributed by atoms with Crippen LogP contribution in [0.15, 0.2) is 22.7 Å². The molecule has 2 amide bonds. The van der Waals surface area contributed by atoms with Gasteiger partial charge in [0.2, 0.25) is 5.91 Å². The Kier molecular flexibility index (Phi) is 4.93. The van der Waals surface area contributed by atoms with Crippen molar-refractivity contribution in [3.8, 4) is 5.75 Å². The summed E-state index contributed by atoms with van der Waals surface area (Å²) in [6, 6.07) is 5.11. The van der Waals surface area contributed by atoms with E-state index in [2.05, 4.69) is 21.2 Å². The first-order valence-corrected chi connectivity index (χ1v) is 7.83. The highest BCUT2D eigenvalue weighted by molar-refractivity contribution is 9.10. The quantitative estimate of drug-likeness (QED) is 0.802. The lowest BCUT2D eigenvalue weighted by molar-refractivity contribution is -0.146. The van der Waals surface area contributed by atoms with Gasteiger partial charge >= 0.3 is 5.97 Å². The molecule has 1 aromatic carbocycles. The third-order valence-electron chi connectivity index (χ3n) is 3.76. The van der Waals surface area contributed by atoms with Crippen molar-refractivity contribution in [2.75, 3.05) is 18.1 Å². The Bertz CT molecular complexity index is 663. The summed E-state index contributed by atoms with van der Waals surface area (Å²) in [5, 5.41) is 11.7. The van der Waals surface area contributed by atoms with Crippen molar-refractivity contribution in [3.63, 3.8) is 0 Å². The van der Waals surface area contributed by atoms with Crippen molar-refractivity contribution in [2.24, 2.45) is 0 Å². The Morgan fingerprint density at radius 3 is 2.78 bits per heavy atom. The first kappa shape index (κ1) is 17.3. The zero-order chi connectivity index (χ0) is 17.2. The van der Waals surface area contributed by atoms with Crippen molar-refractivity contribution in [1.82, 2.24) is 5.32 Å². The van der Waals surface area contributed by atoms with Gasteiger partial charge in [-0.25, -0.2) is 4.79 Å². The van der Waals surface area contributed by atoms with Crippen molar-refractivity contribution in [3.05, 3.63) is 22.7 Å². The summed E-state index contributed by atoms with van der Waals surface area (Å²) in [5.41, 5.74) is -0.886. The van der Waals surface area contributed by atoms with Gasteiger partial charge < -0.3 is 15.2 Å². The number of hydrogen-bond acceptors (Lipinski definition) is 4. The Hall–Kier alpha value is -2.09. The van der Waals surface area contributed by atoms with Gasteiger partial charge in [0.05, 0.1) is 5.69 Å². The lowest BCUT2D eigenvalue weighted by Crippen LogP contribution is -2.55. The summed E-state index contributed by atoms with van der Waals surface area (Å²) in [6.45, 7) is 2.67. The largest absolute Gasteiger partial charge is 0.482 e. The molecule has 0 fully saturated rings. The van der Waals surface area contributed by atoms with Crippen LogP contribution in [-0.4, -0.2) is 41.6 Å². The van der Waals surface area contributed by atoms with E-state index in [-0.39, 0.29) is 25.5 Å². The number of hydrogen-bond donors (Lipinski definition) is 2. The fourth-order valence-electron chi connectivity index (χ4n) is 2.14. The van der Waals surface area contributed by atoms with Gasteiger partial charge in [-0.05, 0) is 31.5 Å². The highest BCUT2D eigenvalue weighted by atomic mass is 79.9. The van der Waals surface area contributed by atoms with Crippen molar-refractivity contribution in [1.29, 1.82) is 0 Å². The summed E-state index contributed by atoms with van der Waals surface area (Å²) >= 11 is 3.31. The van der Waals surface area contributed by atoms with E-state index in [1.807, 2.05) is 0 Å². The third kappa shape index (κ3) is 3.64. The molecule has 0 spiro atoms. The maximum absolute atomic E-state index is 12.2. The van der Waals surface area contributed by atoms with E-state index in [0.29, 0.717) is 11.4 Å². The monoisotopic (exact) mass is 384 g/mol. The molecule has 0 saturated carbocycles. The van der Waals surface area contributed by atoms with Crippen LogP contribution >= 0.6 is 15.9 Å². The minimum absolute atomic E-state index is 0.166. The number of anilines is 1. The van der Waals surface area contributed by atoms with E-state index >= 15 is 0 Å². The summed E-state index contributed by atoms with van der Waals surface area (Å²) in [4.78, 5) is 36.8. The molecule has 1 atom stereocenters. The Morgan fingerprint density at radius 1 is 1.48 bits per heavy atom. The molecule has 1 heterocycles. The molecule has 0 bridgehead atoms. The molecule has 2 N–H and O–H groups in total. The van der Waals surface area contributed by atoms with Gasteiger partial charge in [0.25, 0.3) is 5.91 Å². The smallest absolute Gasteiger partial charge is 0.329 e. The van der Waals surface area contributed by atoms with Crippen molar-refractivity contribution >= 4 is 39.4 Å². The molecule has 8 heteroatoms. The normalized spacial score (nSPS) is 16.1. The van der Waals surface area contributed by atoms with Crippen LogP contribution in [0.5, 0.6) is 5.75 Å². The summed E-state index contributed by atoms with van der Waals surface area (Å²) < 4.78 is 6.13. The van der Waals surface area contributed by atoms with E-state index in [0.717, 1.165) is 4.47 Å². The van der Waals surface area contributed by atoms with E-state index in [1.165, 1.54) is 11.8 Å². The minimum atomic E-state index is -1.37. The van der Waals surface area contributed by atoms with E-state index < -0.39 is 17.4 Å². The van der Waals surface area contributed by atoms with Crippen molar-refractivity contribution in [2.45, 2.75) is 25.8 Å². The number of carboxylic acids is 1. The maximum atomic E-state index is 12.2. The van der Waals surface area contributed by atoms with E-state index in [1.54, 1.807) is 25.1 Å². The van der Waals surface area contributed by atoms with Gasteiger partial charge in [0.15, 0.2) is 6.61 Å². The number of aliphatic carboxylic acids is 1. The number of benzene rings is 1. The number of rotatable bonds is 5. The van der Waals surface area contributed by atoms with Crippen LogP contribution in [0.3, 0.4) is 0 Å². The topological polar surface area (TPSA) is 95.9 Å². The summed E-state index contributed by atoms with van der Waals surface area (Å²) in [5.74, 6) is -1.53. The van der Waals surface area contributed by atoms with Gasteiger partial charge in [0, 0.05) is 4.47 Å². The second-order valence-electron chi connectivity index (χ2n) is 5.42.